The quantitative estimate of drug-likeness (QED) is 0.0201. The third-order valence-electron chi connectivity index (χ3n) is 38.1. The summed E-state index contributed by atoms with van der Waals surface area (Å²) >= 11 is 0. The molecule has 0 unspecified atom stereocenters. The molecule has 8 N–H and O–H groups in total. The van der Waals surface area contributed by atoms with E-state index in [4.69, 9.17) is 0 Å². The lowest BCUT2D eigenvalue weighted by Gasteiger charge is -2.38. The van der Waals surface area contributed by atoms with E-state index in [2.05, 4.69) is 563 Å². The molecular formula is C128H192B4N8Si8. The molecule has 8 nitrogen and oxygen atoms in total. The van der Waals surface area contributed by atoms with Gasteiger partial charge in [-0.15, -0.1) is 44.3 Å². The van der Waals surface area contributed by atoms with Gasteiger partial charge in [0.15, 0.2) is 0 Å². The lowest BCUT2D eigenvalue weighted by molar-refractivity contribution is 0.838. The van der Waals surface area contributed by atoms with E-state index in [-0.39, 0.29) is 27.5 Å². The van der Waals surface area contributed by atoms with E-state index in [9.17, 15) is 0 Å². The van der Waals surface area contributed by atoms with Crippen LogP contribution in [-0.2, 0) is 0 Å². The summed E-state index contributed by atoms with van der Waals surface area (Å²) in [7, 11) is -16.9. The van der Waals surface area contributed by atoms with Crippen LogP contribution in [0.1, 0.15) is 377 Å². The van der Waals surface area contributed by atoms with Crippen molar-refractivity contribution in [2.75, 3.05) is 41.8 Å². The minimum Gasteiger partial charge on any atom is -0.410 e. The third-order valence-corrected chi connectivity index (χ3v) is 88.4. The van der Waals surface area contributed by atoms with Gasteiger partial charge in [0.25, 0.3) is 0 Å². The first-order valence-corrected chi connectivity index (χ1v) is 75.8. The number of benzene rings is 8. The second-order valence-corrected chi connectivity index (χ2v) is 97.1. The van der Waals surface area contributed by atoms with Crippen molar-refractivity contribution < 1.29 is 0 Å². The molecule has 20 heteroatoms. The maximum atomic E-state index is 4.16. The van der Waals surface area contributed by atoms with Crippen molar-refractivity contribution in [2.45, 2.75) is 465 Å². The van der Waals surface area contributed by atoms with Crippen LogP contribution >= 0.6 is 0 Å². The van der Waals surface area contributed by atoms with E-state index in [0.29, 0.717) is 133 Å². The molecule has 0 bridgehead atoms. The van der Waals surface area contributed by atoms with Crippen LogP contribution in [0.15, 0.2) is 97.1 Å². The van der Waals surface area contributed by atoms with Crippen LogP contribution in [0.4, 0.5) is 45.5 Å². The van der Waals surface area contributed by atoms with E-state index in [1.54, 1.807) is 0 Å². The highest BCUT2D eigenvalue weighted by Crippen LogP contribution is 2.55. The monoisotopic (exact) mass is 2110 g/mol. The predicted molar refractivity (Wildman–Crippen MR) is 691 cm³/mol. The van der Waals surface area contributed by atoms with Gasteiger partial charge in [-0.2, -0.15) is 0 Å². The molecule has 0 saturated heterocycles. The third kappa shape index (κ3) is 21.3. The second kappa shape index (κ2) is 47.3. The average molecular weight is 2110 g/mol. The van der Waals surface area contributed by atoms with E-state index < -0.39 is 64.6 Å². The molecule has 0 aliphatic carbocycles. The molecule has 0 radical (unpaired) electrons. The predicted octanol–water partition coefficient (Wildman–Crippen LogP) is 37.4. The number of anilines is 8. The molecule has 0 amide bonds. The van der Waals surface area contributed by atoms with Crippen LogP contribution in [0.25, 0.3) is 43.1 Å². The highest BCUT2D eigenvalue weighted by atomic mass is 28.3. The van der Waals surface area contributed by atoms with Gasteiger partial charge in [0.05, 0.1) is 90.0 Å². The average Bonchev–Trinajstić information content (AvgIpc) is 1.57. The largest absolute Gasteiger partial charge is 0.410 e. The Morgan fingerprint density at radius 1 is 0.135 bits per heavy atom. The summed E-state index contributed by atoms with van der Waals surface area (Å²) < 4.78 is 0. The summed E-state index contributed by atoms with van der Waals surface area (Å²) in [5.41, 5.74) is 62.6. The van der Waals surface area contributed by atoms with Crippen LogP contribution < -0.4 is 41.8 Å². The van der Waals surface area contributed by atoms with Gasteiger partial charge in [-0.3, -0.25) is 0 Å². The Labute approximate surface area is 913 Å². The van der Waals surface area contributed by atoms with Gasteiger partial charge >= 0.3 is 27.5 Å². The summed E-state index contributed by atoms with van der Waals surface area (Å²) in [5, 5.41) is 42.5. The lowest BCUT2D eigenvalue weighted by Crippen LogP contribution is -2.54. The van der Waals surface area contributed by atoms with Crippen molar-refractivity contribution in [1.82, 2.24) is 0 Å². The zero-order chi connectivity index (χ0) is 110. The molecule has 8 aromatic rings. The summed E-state index contributed by atoms with van der Waals surface area (Å²) in [6.07, 6.45) is 0. The van der Waals surface area contributed by atoms with Crippen molar-refractivity contribution in [3.63, 3.8) is 0 Å². The normalized spacial score (nSPS) is 14.0. The number of rotatable bonds is 26. The summed E-state index contributed by atoms with van der Waals surface area (Å²) in [5.74, 6) is 32.1. The molecule has 0 atom stereocenters. The number of fused-ring (bicyclic) bond motifs is 8. The summed E-state index contributed by atoms with van der Waals surface area (Å²) in [6.45, 7) is 115. The molecule has 4 aliphatic rings. The first-order chi connectivity index (χ1) is 69.2. The number of hydrogen-bond donors (Lipinski definition) is 8. The maximum Gasteiger partial charge on any atom is 0.385 e. The fraction of sp³-hybridized carbons (Fsp3) is 0.562. The maximum absolute atomic E-state index is 4.16. The van der Waals surface area contributed by atoms with Gasteiger partial charge in [0.1, 0.15) is 64.6 Å². The van der Waals surface area contributed by atoms with Gasteiger partial charge in [-0.05, 0) is 133 Å². The number of nitrogens with one attached hydrogen (secondary N) is 8. The van der Waals surface area contributed by atoms with Crippen molar-refractivity contribution >= 4 is 181 Å². The van der Waals surface area contributed by atoms with E-state index in [1.165, 1.54) is 43.1 Å². The Hall–Kier alpha value is -8.33. The standard InChI is InChI=1S/2C64H96B2N4Si4/c2*1-41(2)71(42(3)4,43(5)6)37-33-57-53-29-25-26-30-54(53)58(34-38-72(44(7)8,45(9)10)46(11)12)62-61(57)67-65(68-62)66-69-63-59(35-39-73(47(13)14,48(15)16)49(17)18)55-31-27-28-32-56(55)60(64(63)70-66)36-40-74(50(19)20,51(21)22)52(23)24/h2*25-32,41-52,67-70H,1-24H3. The molecule has 8 aromatic carbocycles. The van der Waals surface area contributed by atoms with Gasteiger partial charge in [0, 0.05) is 43.1 Å². The molecule has 4 aliphatic heterocycles. The Balaban J connectivity index is 0.000000281. The fourth-order valence-corrected chi connectivity index (χ4v) is 72.5. The highest BCUT2D eigenvalue weighted by molar-refractivity contribution is 7.29. The Bertz CT molecular complexity index is 5380. The first kappa shape index (κ1) is 120. The molecule has 0 spiro atoms. The van der Waals surface area contributed by atoms with Gasteiger partial charge in [-0.1, -0.05) is 477 Å². The second-order valence-electron chi connectivity index (χ2n) is 52.4. The van der Waals surface area contributed by atoms with Crippen LogP contribution in [0.3, 0.4) is 0 Å². The van der Waals surface area contributed by atoms with Crippen LogP contribution in [0.2, 0.25) is 133 Å². The lowest BCUT2D eigenvalue weighted by atomic mass is 9.35. The van der Waals surface area contributed by atoms with E-state index >= 15 is 0 Å². The molecule has 788 valence electrons. The molecule has 0 aromatic heterocycles. The first-order valence-electron chi connectivity index (χ1n) is 57.9. The van der Waals surface area contributed by atoms with Crippen LogP contribution in [0, 0.1) is 91.7 Å². The minimum atomic E-state index is -2.11. The number of hydrogen-bond acceptors (Lipinski definition) is 8. The van der Waals surface area contributed by atoms with Gasteiger partial charge in [0.2, 0.25) is 0 Å². The highest BCUT2D eigenvalue weighted by Gasteiger charge is 2.54. The van der Waals surface area contributed by atoms with Crippen LogP contribution in [0.5, 0.6) is 0 Å². The minimum absolute atomic E-state index is 0.254. The Morgan fingerprint density at radius 3 is 0.277 bits per heavy atom. The fourth-order valence-electron chi connectivity index (χ4n) is 30.8. The molecular weight excluding hydrogens is 1920 g/mol. The van der Waals surface area contributed by atoms with Crippen molar-refractivity contribution in [2.24, 2.45) is 0 Å². The van der Waals surface area contributed by atoms with Crippen LogP contribution in [-0.4, -0.2) is 92.1 Å². The smallest absolute Gasteiger partial charge is 0.385 e. The topological polar surface area (TPSA) is 96.2 Å². The zero-order valence-electron chi connectivity index (χ0n) is 101. The molecule has 0 fully saturated rings. The van der Waals surface area contributed by atoms with Crippen molar-refractivity contribution in [3.05, 3.63) is 142 Å². The van der Waals surface area contributed by atoms with E-state index in [1.807, 2.05) is 0 Å². The molecule has 0 saturated carbocycles. The Morgan fingerprint density at radius 2 is 0.209 bits per heavy atom. The van der Waals surface area contributed by atoms with E-state index in [0.717, 1.165) is 90.0 Å². The molecule has 4 heterocycles. The molecule has 12 rings (SSSR count). The van der Waals surface area contributed by atoms with Crippen molar-refractivity contribution in [3.8, 4) is 91.7 Å². The zero-order valence-corrected chi connectivity index (χ0v) is 109. The van der Waals surface area contributed by atoms with Gasteiger partial charge in [-0.25, -0.2) is 0 Å². The SMILES string of the molecule is CC(C)[Si](C#Cc1c2c(c(C#C[Si](C(C)C)(C(C)C)C(C)C)c3ccccc13)NB(B1Nc3c(c(C#C[Si](C(C)C)(C(C)C)C(C)C)c4ccccc4c3C#C[Si](C(C)C)(C(C)C)C(C)C)N1)N2)(C(C)C)C(C)C.CC(C)[Si](C#Cc1c2c(c(C#C[Si](C(C)C)(C(C)C)C(C)C)c3ccccc13)NB(B1Nc3c(c(C#C[Si](C(C)C)(C(C)C)C(C)C)c4ccccc4c3C#C[Si](C(C)C)(C(C)C)C(C)C)N1)N2)(C(C)C)C(C)C. The summed E-state index contributed by atoms with van der Waals surface area (Å²) in [4.78, 5) is 0. The summed E-state index contributed by atoms with van der Waals surface area (Å²) in [6, 6.07) is 35.7. The Kier molecular flexibility index (Phi) is 38.3. The van der Waals surface area contributed by atoms with Gasteiger partial charge < -0.3 is 41.8 Å². The van der Waals surface area contributed by atoms with Crippen molar-refractivity contribution in [1.29, 1.82) is 0 Å². The molecule has 148 heavy (non-hydrogen) atoms.